The summed E-state index contributed by atoms with van der Waals surface area (Å²) in [6, 6.07) is 12.6. The number of ether oxygens (including phenoxy) is 1. The molecule has 1 atom stereocenters. The molecule has 0 spiro atoms. The highest BCUT2D eigenvalue weighted by Gasteiger charge is 2.08. The summed E-state index contributed by atoms with van der Waals surface area (Å²) >= 11 is 6.15. The Labute approximate surface area is 117 Å². The predicted octanol–water partition coefficient (Wildman–Crippen LogP) is 3.64. The zero-order valence-corrected chi connectivity index (χ0v) is 11.4. The third kappa shape index (κ3) is 3.26. The minimum absolute atomic E-state index is 0.0676. The van der Waals surface area contributed by atoms with Crippen LogP contribution in [0.5, 0.6) is 11.5 Å². The molecule has 0 amide bonds. The molecule has 1 unspecified atom stereocenters. The van der Waals surface area contributed by atoms with Gasteiger partial charge in [-0.2, -0.15) is 0 Å². The lowest BCUT2D eigenvalue weighted by Crippen LogP contribution is -2.05. The van der Waals surface area contributed by atoms with E-state index in [4.69, 9.17) is 22.1 Å². The van der Waals surface area contributed by atoms with Crippen LogP contribution in [0.25, 0.3) is 0 Å². The van der Waals surface area contributed by atoms with Crippen LogP contribution in [-0.2, 0) is 6.61 Å². The number of benzene rings is 2. The molecule has 3 nitrogen and oxygen atoms in total. The van der Waals surface area contributed by atoms with Gasteiger partial charge in [-0.1, -0.05) is 35.9 Å². The molecule has 0 saturated carbocycles. The summed E-state index contributed by atoms with van der Waals surface area (Å²) in [4.78, 5) is 0. The van der Waals surface area contributed by atoms with E-state index in [0.29, 0.717) is 16.5 Å². The van der Waals surface area contributed by atoms with Gasteiger partial charge in [-0.15, -0.1) is 0 Å². The molecule has 0 aliphatic heterocycles. The first-order valence-electron chi connectivity index (χ1n) is 6.03. The van der Waals surface area contributed by atoms with Gasteiger partial charge >= 0.3 is 0 Å². The van der Waals surface area contributed by atoms with Gasteiger partial charge in [-0.05, 0) is 30.7 Å². The lowest BCUT2D eigenvalue weighted by Gasteiger charge is -2.12. The highest BCUT2D eigenvalue weighted by atomic mass is 35.5. The van der Waals surface area contributed by atoms with E-state index in [1.165, 1.54) is 0 Å². The second kappa shape index (κ2) is 6.06. The van der Waals surface area contributed by atoms with E-state index < -0.39 is 0 Å². The fourth-order valence-corrected chi connectivity index (χ4v) is 2.14. The van der Waals surface area contributed by atoms with Gasteiger partial charge in [0, 0.05) is 16.6 Å². The number of aliphatic hydroxyl groups excluding tert-OH is 1. The van der Waals surface area contributed by atoms with Gasteiger partial charge in [0.25, 0.3) is 0 Å². The Balaban J connectivity index is 2.26. The predicted molar refractivity (Wildman–Crippen MR) is 76.5 cm³/mol. The number of hydrogen-bond acceptors (Lipinski definition) is 3. The standard InChI is InChI=1S/C15H16ClNO2/c1-10(17)13-7-6-12(8-14(13)16)19-15-5-3-2-4-11(15)9-18/h2-8,10,18H,9,17H2,1H3. The zero-order valence-electron chi connectivity index (χ0n) is 10.6. The minimum atomic E-state index is -0.119. The lowest BCUT2D eigenvalue weighted by molar-refractivity contribution is 0.276. The molecular weight excluding hydrogens is 262 g/mol. The van der Waals surface area contributed by atoms with Crippen LogP contribution >= 0.6 is 11.6 Å². The fourth-order valence-electron chi connectivity index (χ4n) is 1.80. The monoisotopic (exact) mass is 277 g/mol. The maximum atomic E-state index is 9.25. The average molecular weight is 278 g/mol. The number of aliphatic hydroxyl groups is 1. The van der Waals surface area contributed by atoms with Crippen LogP contribution in [0.4, 0.5) is 0 Å². The van der Waals surface area contributed by atoms with Crippen molar-refractivity contribution < 1.29 is 9.84 Å². The van der Waals surface area contributed by atoms with Gasteiger partial charge in [0.15, 0.2) is 0 Å². The third-order valence-electron chi connectivity index (χ3n) is 2.83. The quantitative estimate of drug-likeness (QED) is 0.897. The maximum absolute atomic E-state index is 9.25. The second-order valence-corrected chi connectivity index (χ2v) is 4.75. The van der Waals surface area contributed by atoms with Gasteiger partial charge in [0.05, 0.1) is 6.61 Å². The van der Waals surface area contributed by atoms with Crippen molar-refractivity contribution >= 4 is 11.6 Å². The van der Waals surface area contributed by atoms with E-state index in [0.717, 1.165) is 11.1 Å². The SMILES string of the molecule is CC(N)c1ccc(Oc2ccccc2CO)cc1Cl. The van der Waals surface area contributed by atoms with Crippen LogP contribution in [-0.4, -0.2) is 5.11 Å². The van der Waals surface area contributed by atoms with Crippen LogP contribution in [0, 0.1) is 0 Å². The summed E-state index contributed by atoms with van der Waals surface area (Å²) in [5.41, 5.74) is 7.42. The lowest BCUT2D eigenvalue weighted by atomic mass is 10.1. The van der Waals surface area contributed by atoms with Crippen molar-refractivity contribution in [3.05, 3.63) is 58.6 Å². The molecule has 0 heterocycles. The molecule has 0 bridgehead atoms. The van der Waals surface area contributed by atoms with E-state index in [9.17, 15) is 5.11 Å². The molecule has 0 aliphatic rings. The van der Waals surface area contributed by atoms with E-state index >= 15 is 0 Å². The summed E-state index contributed by atoms with van der Waals surface area (Å²) in [7, 11) is 0. The minimum Gasteiger partial charge on any atom is -0.457 e. The molecule has 0 saturated heterocycles. The topological polar surface area (TPSA) is 55.5 Å². The molecule has 100 valence electrons. The molecule has 0 aromatic heterocycles. The van der Waals surface area contributed by atoms with Gasteiger partial charge in [0.2, 0.25) is 0 Å². The van der Waals surface area contributed by atoms with Crippen molar-refractivity contribution in [2.75, 3.05) is 0 Å². The first kappa shape index (κ1) is 13.9. The van der Waals surface area contributed by atoms with Gasteiger partial charge < -0.3 is 15.6 Å². The Morgan fingerprint density at radius 3 is 2.63 bits per heavy atom. The maximum Gasteiger partial charge on any atom is 0.132 e. The molecule has 0 aliphatic carbocycles. The van der Waals surface area contributed by atoms with Crippen LogP contribution in [0.3, 0.4) is 0 Å². The van der Waals surface area contributed by atoms with Crippen molar-refractivity contribution in [1.29, 1.82) is 0 Å². The van der Waals surface area contributed by atoms with E-state index in [1.54, 1.807) is 12.1 Å². The van der Waals surface area contributed by atoms with Crippen LogP contribution < -0.4 is 10.5 Å². The van der Waals surface area contributed by atoms with Gasteiger partial charge in [-0.25, -0.2) is 0 Å². The van der Waals surface area contributed by atoms with Crippen LogP contribution in [0.15, 0.2) is 42.5 Å². The molecule has 4 heteroatoms. The zero-order chi connectivity index (χ0) is 13.8. The molecule has 2 aromatic carbocycles. The average Bonchev–Trinajstić information content (AvgIpc) is 2.39. The highest BCUT2D eigenvalue weighted by Crippen LogP contribution is 2.30. The Kier molecular flexibility index (Phi) is 4.43. The van der Waals surface area contributed by atoms with Crippen molar-refractivity contribution in [3.8, 4) is 11.5 Å². The number of rotatable bonds is 4. The summed E-state index contributed by atoms with van der Waals surface area (Å²) in [6.07, 6.45) is 0. The van der Waals surface area contributed by atoms with Gasteiger partial charge in [-0.3, -0.25) is 0 Å². The first-order valence-corrected chi connectivity index (χ1v) is 6.41. The Hall–Kier alpha value is -1.55. The number of halogens is 1. The third-order valence-corrected chi connectivity index (χ3v) is 3.16. The summed E-state index contributed by atoms with van der Waals surface area (Å²) in [5.74, 6) is 1.24. The summed E-state index contributed by atoms with van der Waals surface area (Å²) in [6.45, 7) is 1.81. The second-order valence-electron chi connectivity index (χ2n) is 4.34. The number of hydrogen-bond donors (Lipinski definition) is 2. The van der Waals surface area contributed by atoms with E-state index in [2.05, 4.69) is 0 Å². The number of para-hydroxylation sites is 1. The molecule has 0 fully saturated rings. The summed E-state index contributed by atoms with van der Waals surface area (Å²) < 4.78 is 5.73. The van der Waals surface area contributed by atoms with E-state index in [-0.39, 0.29) is 12.6 Å². The van der Waals surface area contributed by atoms with Crippen LogP contribution in [0.1, 0.15) is 24.1 Å². The number of nitrogens with two attached hydrogens (primary N) is 1. The van der Waals surface area contributed by atoms with Gasteiger partial charge in [0.1, 0.15) is 11.5 Å². The first-order chi connectivity index (χ1) is 9.11. The van der Waals surface area contributed by atoms with Crippen molar-refractivity contribution in [2.24, 2.45) is 5.73 Å². The molecule has 0 radical (unpaired) electrons. The van der Waals surface area contributed by atoms with Crippen molar-refractivity contribution in [3.63, 3.8) is 0 Å². The van der Waals surface area contributed by atoms with Crippen molar-refractivity contribution in [2.45, 2.75) is 19.6 Å². The Morgan fingerprint density at radius 2 is 2.00 bits per heavy atom. The molecule has 2 rings (SSSR count). The summed E-state index contributed by atoms with van der Waals surface area (Å²) in [5, 5.41) is 9.82. The molecule has 2 aromatic rings. The fraction of sp³-hybridized carbons (Fsp3) is 0.200. The smallest absolute Gasteiger partial charge is 0.132 e. The molecule has 19 heavy (non-hydrogen) atoms. The Morgan fingerprint density at radius 1 is 1.26 bits per heavy atom. The van der Waals surface area contributed by atoms with E-state index in [1.807, 2.05) is 37.3 Å². The normalized spacial score (nSPS) is 12.2. The Bertz CT molecular complexity index is 570. The highest BCUT2D eigenvalue weighted by molar-refractivity contribution is 6.31. The molecule has 3 N–H and O–H groups in total. The molecular formula is C15H16ClNO2. The largest absolute Gasteiger partial charge is 0.457 e. The van der Waals surface area contributed by atoms with Crippen molar-refractivity contribution in [1.82, 2.24) is 0 Å². The van der Waals surface area contributed by atoms with Crippen LogP contribution in [0.2, 0.25) is 5.02 Å².